The smallest absolute Gasteiger partial charge is 0.361 e. The lowest BCUT2D eigenvalue weighted by atomic mass is 10.2. The highest BCUT2D eigenvalue weighted by Gasteiger charge is 2.57. The fourth-order valence-electron chi connectivity index (χ4n) is 1.58. The van der Waals surface area contributed by atoms with E-state index in [1.54, 1.807) is 13.8 Å². The Balaban J connectivity index is 2.09. The lowest BCUT2D eigenvalue weighted by Gasteiger charge is -2.22. The van der Waals surface area contributed by atoms with E-state index in [1.807, 2.05) is 0 Å². The maximum atomic E-state index is 13.3. The van der Waals surface area contributed by atoms with E-state index in [1.165, 1.54) is 0 Å². The van der Waals surface area contributed by atoms with E-state index in [0.717, 1.165) is 0 Å². The molecule has 19 heavy (non-hydrogen) atoms. The molecule has 6 nitrogen and oxygen atoms in total. The number of alkyl halides is 2. The molecule has 0 bridgehead atoms. The van der Waals surface area contributed by atoms with Crippen LogP contribution in [0, 0.1) is 0 Å². The summed E-state index contributed by atoms with van der Waals surface area (Å²) in [4.78, 5) is 16.8. The summed E-state index contributed by atoms with van der Waals surface area (Å²) in [6.07, 6.45) is -0.549. The van der Waals surface area contributed by atoms with Crippen LogP contribution in [0.2, 0.25) is 0 Å². The minimum atomic E-state index is -1.57. The van der Waals surface area contributed by atoms with Crippen molar-refractivity contribution in [3.63, 3.8) is 0 Å². The number of hydrogen-bond donors (Lipinski definition) is 0. The number of nitrogens with zero attached hydrogens (tertiary/aromatic N) is 1. The predicted molar refractivity (Wildman–Crippen MR) is 66.6 cm³/mol. The first-order chi connectivity index (χ1) is 8.89. The van der Waals surface area contributed by atoms with Crippen molar-refractivity contribution < 1.29 is 28.2 Å². The summed E-state index contributed by atoms with van der Waals surface area (Å²) in [5.74, 6) is -2.02. The minimum Gasteiger partial charge on any atom is -0.461 e. The molecular weight excluding hydrogens is 325 g/mol. The van der Waals surface area contributed by atoms with Gasteiger partial charge < -0.3 is 19.0 Å². The fourth-order valence-corrected chi connectivity index (χ4v) is 1.95. The second-order valence-electron chi connectivity index (χ2n) is 4.36. The van der Waals surface area contributed by atoms with Crippen molar-refractivity contribution in [1.82, 2.24) is 0 Å². The second-order valence-corrected chi connectivity index (χ2v) is 5.68. The summed E-state index contributed by atoms with van der Waals surface area (Å²) in [7, 11) is 0. The Morgan fingerprint density at radius 2 is 2.11 bits per heavy atom. The van der Waals surface area contributed by atoms with Gasteiger partial charge in [0.2, 0.25) is 16.1 Å². The number of carbonyl (C=O) groups is 1. The Kier molecular flexibility index (Phi) is 4.12. The second kappa shape index (κ2) is 5.34. The first kappa shape index (κ1) is 14.7. The Morgan fingerprint density at radius 3 is 2.58 bits per heavy atom. The topological polar surface area (TPSA) is 66.4 Å². The Hall–Kier alpha value is -0.730. The predicted octanol–water partition coefficient (Wildman–Crippen LogP) is 1.52. The monoisotopic (exact) mass is 339 g/mol. The average molecular weight is 340 g/mol. The molecule has 0 aromatic carbocycles. The highest BCUT2D eigenvalue weighted by atomic mass is 79.9. The van der Waals surface area contributed by atoms with Gasteiger partial charge in [0, 0.05) is 6.42 Å². The van der Waals surface area contributed by atoms with Gasteiger partial charge in [-0.25, -0.2) is 9.18 Å². The van der Waals surface area contributed by atoms with Crippen LogP contribution in [0.5, 0.6) is 0 Å². The molecule has 0 N–H and O–H groups in total. The Bertz CT molecular complexity index is 395. The maximum absolute atomic E-state index is 13.3. The molecule has 1 saturated heterocycles. The quantitative estimate of drug-likeness (QED) is 0.329. The molecule has 1 aliphatic carbocycles. The molecule has 0 aromatic heterocycles. The maximum Gasteiger partial charge on any atom is 0.361 e. The Morgan fingerprint density at radius 1 is 1.53 bits per heavy atom. The number of halogens is 2. The lowest BCUT2D eigenvalue weighted by molar-refractivity contribution is -0.141. The zero-order valence-electron chi connectivity index (χ0n) is 10.7. The van der Waals surface area contributed by atoms with Crippen molar-refractivity contribution in [1.29, 1.82) is 0 Å². The fraction of sp³-hybridized carbons (Fsp3) is 0.818. The SMILES string of the molecule is CCOC(=O)/C(=N\OC1CC1(F)Br)C1(C)OCCO1. The van der Waals surface area contributed by atoms with Crippen LogP contribution in [0.15, 0.2) is 5.16 Å². The van der Waals surface area contributed by atoms with Gasteiger partial charge in [-0.2, -0.15) is 0 Å². The lowest BCUT2D eigenvalue weighted by Crippen LogP contribution is -2.42. The molecule has 1 heterocycles. The molecule has 0 aromatic rings. The van der Waals surface area contributed by atoms with E-state index >= 15 is 0 Å². The molecule has 2 atom stereocenters. The summed E-state index contributed by atoms with van der Waals surface area (Å²) < 4.78 is 27.2. The molecule has 2 aliphatic rings. The first-order valence-corrected chi connectivity index (χ1v) is 6.75. The van der Waals surface area contributed by atoms with Gasteiger partial charge in [-0.1, -0.05) is 5.16 Å². The van der Waals surface area contributed by atoms with Gasteiger partial charge >= 0.3 is 5.97 Å². The zero-order valence-corrected chi connectivity index (χ0v) is 12.2. The van der Waals surface area contributed by atoms with Crippen LogP contribution in [0.1, 0.15) is 20.3 Å². The zero-order chi connectivity index (χ0) is 14.1. The van der Waals surface area contributed by atoms with Gasteiger partial charge in [0.25, 0.3) is 0 Å². The molecular formula is C11H15BrFNO5. The van der Waals surface area contributed by atoms with Gasteiger partial charge in [0.05, 0.1) is 19.8 Å². The third-order valence-corrected chi connectivity index (χ3v) is 3.61. The highest BCUT2D eigenvalue weighted by Crippen LogP contribution is 2.48. The molecule has 0 amide bonds. The van der Waals surface area contributed by atoms with Gasteiger partial charge in [-0.05, 0) is 29.8 Å². The summed E-state index contributed by atoms with van der Waals surface area (Å²) in [5.41, 5.74) is -0.151. The van der Waals surface area contributed by atoms with E-state index in [4.69, 9.17) is 19.0 Å². The van der Waals surface area contributed by atoms with E-state index in [2.05, 4.69) is 21.1 Å². The standard InChI is InChI=1S/C11H15BrFNO5/c1-3-16-9(15)8(10(2)17-4-5-18-10)14-19-7-6-11(7,12)13/h7H,3-6H2,1-2H3/b14-8+. The molecule has 108 valence electrons. The number of rotatable bonds is 5. The van der Waals surface area contributed by atoms with Crippen LogP contribution < -0.4 is 0 Å². The third-order valence-electron chi connectivity index (χ3n) is 2.78. The summed E-state index contributed by atoms with van der Waals surface area (Å²) in [6.45, 7) is 4.07. The molecule has 2 fully saturated rings. The van der Waals surface area contributed by atoms with Crippen molar-refractivity contribution in [2.75, 3.05) is 19.8 Å². The number of oxime groups is 1. The van der Waals surface area contributed by atoms with E-state index in [0.29, 0.717) is 13.2 Å². The average Bonchev–Trinajstić information content (AvgIpc) is 2.72. The summed E-state index contributed by atoms with van der Waals surface area (Å²) in [6, 6.07) is 0. The van der Waals surface area contributed by atoms with E-state index in [9.17, 15) is 9.18 Å². The molecule has 0 spiro atoms. The van der Waals surface area contributed by atoms with Crippen molar-refractivity contribution in [3.05, 3.63) is 0 Å². The van der Waals surface area contributed by atoms with Gasteiger partial charge in [0.15, 0.2) is 6.10 Å². The van der Waals surface area contributed by atoms with Crippen LogP contribution in [-0.2, 0) is 23.8 Å². The van der Waals surface area contributed by atoms with Crippen LogP contribution >= 0.6 is 15.9 Å². The van der Waals surface area contributed by atoms with Gasteiger partial charge in [0.1, 0.15) is 0 Å². The van der Waals surface area contributed by atoms with E-state index < -0.39 is 22.4 Å². The number of ether oxygens (including phenoxy) is 3. The number of carbonyl (C=O) groups excluding carboxylic acids is 1. The van der Waals surface area contributed by atoms with Crippen molar-refractivity contribution >= 4 is 27.6 Å². The highest BCUT2D eigenvalue weighted by molar-refractivity contribution is 9.10. The van der Waals surface area contributed by atoms with Crippen molar-refractivity contribution in [2.24, 2.45) is 5.16 Å². The summed E-state index contributed by atoms with van der Waals surface area (Å²) >= 11 is 2.83. The van der Waals surface area contributed by atoms with Crippen LogP contribution in [0.25, 0.3) is 0 Å². The molecule has 1 saturated carbocycles. The molecule has 8 heteroatoms. The van der Waals surface area contributed by atoms with Crippen molar-refractivity contribution in [3.8, 4) is 0 Å². The number of hydrogen-bond acceptors (Lipinski definition) is 6. The Labute approximate surface area is 118 Å². The normalized spacial score (nSPS) is 33.1. The van der Waals surface area contributed by atoms with E-state index in [-0.39, 0.29) is 18.7 Å². The van der Waals surface area contributed by atoms with Crippen LogP contribution in [0.4, 0.5) is 4.39 Å². The van der Waals surface area contributed by atoms with Crippen molar-refractivity contribution in [2.45, 2.75) is 36.7 Å². The third kappa shape index (κ3) is 3.24. The molecule has 2 rings (SSSR count). The molecule has 0 radical (unpaired) electrons. The molecule has 1 aliphatic heterocycles. The van der Waals surface area contributed by atoms with Crippen LogP contribution in [0.3, 0.4) is 0 Å². The first-order valence-electron chi connectivity index (χ1n) is 5.96. The van der Waals surface area contributed by atoms with Gasteiger partial charge in [-0.15, -0.1) is 0 Å². The minimum absolute atomic E-state index is 0.151. The van der Waals surface area contributed by atoms with Gasteiger partial charge in [-0.3, -0.25) is 0 Å². The largest absolute Gasteiger partial charge is 0.461 e. The summed E-state index contributed by atoms with van der Waals surface area (Å²) in [5, 5.41) is 3.68. The van der Waals surface area contributed by atoms with Crippen LogP contribution in [-0.4, -0.2) is 48.0 Å². The number of esters is 1. The molecule has 2 unspecified atom stereocenters.